The fraction of sp³-hybridized carbons (Fsp3) is 0.300. The van der Waals surface area contributed by atoms with Crippen molar-refractivity contribution in [3.05, 3.63) is 70.1 Å². The zero-order chi connectivity index (χ0) is 18.8. The van der Waals surface area contributed by atoms with Gasteiger partial charge in [0.05, 0.1) is 6.10 Å². The van der Waals surface area contributed by atoms with Crippen molar-refractivity contribution in [1.29, 1.82) is 0 Å². The van der Waals surface area contributed by atoms with Crippen LogP contribution in [0.15, 0.2) is 53.3 Å². The van der Waals surface area contributed by atoms with Gasteiger partial charge in [0.2, 0.25) is 0 Å². The number of nitrogens with one attached hydrogen (secondary N) is 1. The molecule has 0 spiro atoms. The van der Waals surface area contributed by atoms with E-state index in [1.807, 2.05) is 24.4 Å². The maximum atomic E-state index is 12.3. The summed E-state index contributed by atoms with van der Waals surface area (Å²) in [5.74, 6) is -0.280. The van der Waals surface area contributed by atoms with Gasteiger partial charge in [-0.25, -0.2) is 4.98 Å². The number of aliphatic hydroxyl groups is 1. The minimum Gasteiger partial charge on any atom is -0.390 e. The van der Waals surface area contributed by atoms with E-state index >= 15 is 0 Å². The van der Waals surface area contributed by atoms with Crippen LogP contribution in [-0.2, 0) is 13.0 Å². The summed E-state index contributed by atoms with van der Waals surface area (Å²) in [6.45, 7) is 2.49. The molecule has 0 bridgehead atoms. The van der Waals surface area contributed by atoms with Gasteiger partial charge >= 0.3 is 0 Å². The largest absolute Gasteiger partial charge is 0.390 e. The standard InChI is InChI=1S/C20H21BrN4O2/c21-16-5-6-19-23-18(13-25(19)11-16)20(27)22-9-17(26)12-24-8-7-14-3-1-2-4-15(14)10-24/h1-6,11,13,17,26H,7-10,12H2,(H,22,27)/t17-/m1/s1. The minimum absolute atomic E-state index is 0.203. The van der Waals surface area contributed by atoms with Crippen molar-refractivity contribution in [3.63, 3.8) is 0 Å². The monoisotopic (exact) mass is 428 g/mol. The number of imidazole rings is 1. The zero-order valence-electron chi connectivity index (χ0n) is 14.8. The normalized spacial score (nSPS) is 15.5. The number of nitrogens with zero attached hydrogens (tertiary/aromatic N) is 3. The Hall–Kier alpha value is -2.22. The Kier molecular flexibility index (Phi) is 5.24. The molecule has 0 unspecified atom stereocenters. The summed E-state index contributed by atoms with van der Waals surface area (Å²) >= 11 is 3.40. The molecule has 0 fully saturated rings. The van der Waals surface area contributed by atoms with Gasteiger partial charge in [0.15, 0.2) is 0 Å². The fourth-order valence-corrected chi connectivity index (χ4v) is 3.80. The molecule has 140 valence electrons. The highest BCUT2D eigenvalue weighted by Gasteiger charge is 2.19. The number of carbonyl (C=O) groups excluding carboxylic acids is 1. The number of halogens is 1. The average molecular weight is 429 g/mol. The highest BCUT2D eigenvalue weighted by molar-refractivity contribution is 9.10. The zero-order valence-corrected chi connectivity index (χ0v) is 16.4. The summed E-state index contributed by atoms with van der Waals surface area (Å²) < 4.78 is 2.71. The molecular weight excluding hydrogens is 408 g/mol. The minimum atomic E-state index is -0.620. The molecule has 3 aromatic rings. The van der Waals surface area contributed by atoms with E-state index in [1.165, 1.54) is 11.1 Å². The summed E-state index contributed by atoms with van der Waals surface area (Å²) in [6.07, 6.45) is 3.91. The molecule has 27 heavy (non-hydrogen) atoms. The molecule has 0 radical (unpaired) electrons. The smallest absolute Gasteiger partial charge is 0.271 e. The van der Waals surface area contributed by atoms with Gasteiger partial charge in [-0.15, -0.1) is 0 Å². The molecule has 4 rings (SSSR count). The Balaban J connectivity index is 1.31. The van der Waals surface area contributed by atoms with Crippen LogP contribution in [0.5, 0.6) is 0 Å². The van der Waals surface area contributed by atoms with E-state index in [2.05, 4.69) is 49.3 Å². The van der Waals surface area contributed by atoms with Gasteiger partial charge in [0.1, 0.15) is 11.3 Å². The van der Waals surface area contributed by atoms with Crippen LogP contribution in [0.3, 0.4) is 0 Å². The highest BCUT2D eigenvalue weighted by atomic mass is 79.9. The maximum Gasteiger partial charge on any atom is 0.271 e. The molecule has 2 N–H and O–H groups in total. The number of benzene rings is 1. The second-order valence-corrected chi connectivity index (χ2v) is 7.77. The summed E-state index contributed by atoms with van der Waals surface area (Å²) in [5.41, 5.74) is 3.74. The highest BCUT2D eigenvalue weighted by Crippen LogP contribution is 2.18. The van der Waals surface area contributed by atoms with Gasteiger partial charge in [-0.2, -0.15) is 0 Å². The summed E-state index contributed by atoms with van der Waals surface area (Å²) in [4.78, 5) is 18.9. The first kappa shape index (κ1) is 18.2. The molecule has 1 amide bonds. The van der Waals surface area contributed by atoms with Crippen molar-refractivity contribution in [2.24, 2.45) is 0 Å². The van der Waals surface area contributed by atoms with Crippen LogP contribution in [0, 0.1) is 0 Å². The van der Waals surface area contributed by atoms with Crippen molar-refractivity contribution in [3.8, 4) is 0 Å². The lowest BCUT2D eigenvalue weighted by molar-refractivity contribution is 0.0838. The number of hydrogen-bond acceptors (Lipinski definition) is 4. The van der Waals surface area contributed by atoms with Crippen molar-refractivity contribution < 1.29 is 9.90 Å². The van der Waals surface area contributed by atoms with Crippen molar-refractivity contribution in [2.45, 2.75) is 19.1 Å². The topological polar surface area (TPSA) is 69.9 Å². The molecule has 1 aliphatic heterocycles. The summed E-state index contributed by atoms with van der Waals surface area (Å²) in [6, 6.07) is 12.1. The van der Waals surface area contributed by atoms with Crippen LogP contribution in [0.4, 0.5) is 0 Å². The first-order chi connectivity index (χ1) is 13.1. The van der Waals surface area contributed by atoms with Gasteiger partial charge in [0, 0.05) is 43.0 Å². The molecule has 0 saturated heterocycles. The van der Waals surface area contributed by atoms with Gasteiger partial charge in [0.25, 0.3) is 5.91 Å². The SMILES string of the molecule is O=C(NC[C@@H](O)CN1CCc2ccccc2C1)c1cn2cc(Br)ccc2n1. The van der Waals surface area contributed by atoms with E-state index in [-0.39, 0.29) is 12.5 Å². The lowest BCUT2D eigenvalue weighted by atomic mass is 10.00. The predicted octanol–water partition coefficient (Wildman–Crippen LogP) is 2.25. The van der Waals surface area contributed by atoms with E-state index < -0.39 is 6.10 Å². The number of carbonyl (C=O) groups is 1. The molecule has 1 atom stereocenters. The third-order valence-electron chi connectivity index (χ3n) is 4.82. The Morgan fingerprint density at radius 2 is 2.04 bits per heavy atom. The van der Waals surface area contributed by atoms with Crippen LogP contribution >= 0.6 is 15.9 Å². The van der Waals surface area contributed by atoms with Crippen molar-refractivity contribution >= 4 is 27.5 Å². The number of amides is 1. The van der Waals surface area contributed by atoms with Gasteiger partial charge in [-0.3, -0.25) is 9.69 Å². The number of β-amino-alcohol motifs (C(OH)–C–C–N with tert-alkyl or cyclic N) is 1. The number of pyridine rings is 1. The van der Waals surface area contributed by atoms with Gasteiger partial charge in [-0.1, -0.05) is 24.3 Å². The van der Waals surface area contributed by atoms with Crippen LogP contribution in [0.25, 0.3) is 5.65 Å². The van der Waals surface area contributed by atoms with Crippen molar-refractivity contribution in [2.75, 3.05) is 19.6 Å². The number of hydrogen-bond donors (Lipinski definition) is 2. The van der Waals surface area contributed by atoms with E-state index in [0.29, 0.717) is 17.9 Å². The quantitative estimate of drug-likeness (QED) is 0.653. The third-order valence-corrected chi connectivity index (χ3v) is 5.29. The maximum absolute atomic E-state index is 12.3. The molecule has 6 nitrogen and oxygen atoms in total. The Labute approximate surface area is 166 Å². The van der Waals surface area contributed by atoms with Crippen molar-refractivity contribution in [1.82, 2.24) is 19.6 Å². The first-order valence-corrected chi connectivity index (χ1v) is 9.77. The molecule has 7 heteroatoms. The van der Waals surface area contributed by atoms with Crippen LogP contribution < -0.4 is 5.32 Å². The predicted molar refractivity (Wildman–Crippen MR) is 107 cm³/mol. The Bertz CT molecular complexity index is 972. The Morgan fingerprint density at radius 1 is 1.22 bits per heavy atom. The molecular formula is C20H21BrN4O2. The number of aliphatic hydroxyl groups excluding tert-OH is 1. The number of aromatic nitrogens is 2. The molecule has 0 saturated carbocycles. The lowest BCUT2D eigenvalue weighted by Gasteiger charge is -2.30. The first-order valence-electron chi connectivity index (χ1n) is 8.98. The molecule has 1 aliphatic rings. The average Bonchev–Trinajstić information content (AvgIpc) is 3.09. The summed E-state index contributed by atoms with van der Waals surface area (Å²) in [7, 11) is 0. The van der Waals surface area contributed by atoms with Crippen LogP contribution in [0.1, 0.15) is 21.6 Å². The van der Waals surface area contributed by atoms with E-state index in [0.717, 1.165) is 24.0 Å². The molecule has 1 aromatic carbocycles. The van der Waals surface area contributed by atoms with E-state index in [4.69, 9.17) is 0 Å². The van der Waals surface area contributed by atoms with E-state index in [1.54, 1.807) is 10.6 Å². The Morgan fingerprint density at radius 3 is 2.89 bits per heavy atom. The van der Waals surface area contributed by atoms with Gasteiger partial charge < -0.3 is 14.8 Å². The fourth-order valence-electron chi connectivity index (χ4n) is 3.45. The second kappa shape index (κ2) is 7.80. The molecule has 0 aliphatic carbocycles. The number of fused-ring (bicyclic) bond motifs is 2. The molecule has 3 heterocycles. The molecule has 2 aromatic heterocycles. The van der Waals surface area contributed by atoms with E-state index in [9.17, 15) is 9.90 Å². The lowest BCUT2D eigenvalue weighted by Crippen LogP contribution is -2.42. The summed E-state index contributed by atoms with van der Waals surface area (Å²) in [5, 5.41) is 13.1. The van der Waals surface area contributed by atoms with Gasteiger partial charge in [-0.05, 0) is 45.6 Å². The second-order valence-electron chi connectivity index (χ2n) is 6.86. The van der Waals surface area contributed by atoms with Crippen LogP contribution in [-0.4, -0.2) is 51.0 Å². The number of rotatable bonds is 5. The third kappa shape index (κ3) is 4.21. The van der Waals surface area contributed by atoms with Crippen LogP contribution in [0.2, 0.25) is 0 Å².